The normalized spacial score (nSPS) is 30.1. The van der Waals surface area contributed by atoms with Gasteiger partial charge in [0.25, 0.3) is 0 Å². The summed E-state index contributed by atoms with van der Waals surface area (Å²) in [7, 11) is 0. The number of carboxylic acids is 1. The molecule has 2 aliphatic carbocycles. The van der Waals surface area contributed by atoms with Gasteiger partial charge >= 0.3 is 5.97 Å². The van der Waals surface area contributed by atoms with Crippen molar-refractivity contribution in [3.05, 3.63) is 47.5 Å². The molecule has 0 radical (unpaired) electrons. The highest BCUT2D eigenvalue weighted by atomic mass is 16.7. The fraction of sp³-hybridized carbons (Fsp3) is 0.250. The summed E-state index contributed by atoms with van der Waals surface area (Å²) in [6, 6.07) is 0. The quantitative estimate of drug-likeness (QED) is 0.726. The number of rotatable bonds is 1. The Morgan fingerprint density at radius 2 is 2.19 bits per heavy atom. The number of carbonyl (C=O) groups is 1. The average Bonchev–Trinajstić information content (AvgIpc) is 2.76. The van der Waals surface area contributed by atoms with E-state index in [0.717, 1.165) is 11.5 Å². The van der Waals surface area contributed by atoms with E-state index in [0.29, 0.717) is 5.57 Å². The van der Waals surface area contributed by atoms with E-state index in [2.05, 4.69) is 0 Å². The van der Waals surface area contributed by atoms with Gasteiger partial charge in [0.2, 0.25) is 6.79 Å². The number of hydrogen-bond acceptors (Lipinski definition) is 3. The van der Waals surface area contributed by atoms with Crippen molar-refractivity contribution >= 4 is 5.97 Å². The molecule has 1 N–H and O–H groups in total. The first-order valence-electron chi connectivity index (χ1n) is 5.07. The maximum atomic E-state index is 11.1. The Kier molecular flexibility index (Phi) is 1.89. The molecule has 4 heteroatoms. The lowest BCUT2D eigenvalue weighted by Crippen LogP contribution is -2.24. The third-order valence-corrected chi connectivity index (χ3v) is 3.02. The standard InChI is InChI=1S/C12H10O4/c13-12(14)9-3-1-2-8-7(9)4-5-10-11(8)16-6-15-10/h1-5,7-8H,6H2,(H,13,14). The molecule has 0 aromatic carbocycles. The lowest BCUT2D eigenvalue weighted by Gasteiger charge is -2.27. The summed E-state index contributed by atoms with van der Waals surface area (Å²) in [4.78, 5) is 11.1. The third-order valence-electron chi connectivity index (χ3n) is 3.02. The number of allylic oxidation sites excluding steroid dienone is 5. The second-order valence-corrected chi connectivity index (χ2v) is 3.86. The molecule has 2 unspecified atom stereocenters. The van der Waals surface area contributed by atoms with Gasteiger partial charge in [-0.05, 0) is 6.08 Å². The van der Waals surface area contributed by atoms with Crippen molar-refractivity contribution in [2.45, 2.75) is 0 Å². The number of hydrogen-bond donors (Lipinski definition) is 1. The van der Waals surface area contributed by atoms with Gasteiger partial charge < -0.3 is 14.6 Å². The lowest BCUT2D eigenvalue weighted by atomic mass is 9.78. The highest BCUT2D eigenvalue weighted by molar-refractivity contribution is 5.88. The van der Waals surface area contributed by atoms with Crippen LogP contribution in [0.3, 0.4) is 0 Å². The summed E-state index contributed by atoms with van der Waals surface area (Å²) in [6.45, 7) is 0.220. The molecule has 1 heterocycles. The van der Waals surface area contributed by atoms with Crippen LogP contribution in [0.2, 0.25) is 0 Å². The van der Waals surface area contributed by atoms with E-state index >= 15 is 0 Å². The molecule has 16 heavy (non-hydrogen) atoms. The first kappa shape index (κ1) is 9.27. The van der Waals surface area contributed by atoms with Crippen LogP contribution in [-0.2, 0) is 14.3 Å². The van der Waals surface area contributed by atoms with Crippen molar-refractivity contribution in [2.24, 2.45) is 11.8 Å². The van der Waals surface area contributed by atoms with Crippen molar-refractivity contribution < 1.29 is 19.4 Å². The Morgan fingerprint density at radius 3 is 3.00 bits per heavy atom. The van der Waals surface area contributed by atoms with E-state index in [1.807, 2.05) is 12.2 Å². The number of ether oxygens (including phenoxy) is 2. The van der Waals surface area contributed by atoms with Gasteiger partial charge in [0.15, 0.2) is 11.5 Å². The van der Waals surface area contributed by atoms with Crippen molar-refractivity contribution in [3.8, 4) is 0 Å². The van der Waals surface area contributed by atoms with Crippen LogP contribution < -0.4 is 0 Å². The third kappa shape index (κ3) is 1.19. The fourth-order valence-corrected chi connectivity index (χ4v) is 2.27. The summed E-state index contributed by atoms with van der Waals surface area (Å²) < 4.78 is 10.7. The minimum absolute atomic E-state index is 0.0430. The second-order valence-electron chi connectivity index (χ2n) is 3.86. The molecular formula is C12H10O4. The van der Waals surface area contributed by atoms with Crippen LogP contribution in [0.5, 0.6) is 0 Å². The van der Waals surface area contributed by atoms with Gasteiger partial charge in [0.05, 0.1) is 0 Å². The van der Waals surface area contributed by atoms with E-state index in [1.54, 1.807) is 18.2 Å². The molecule has 0 amide bonds. The zero-order valence-electron chi connectivity index (χ0n) is 8.42. The molecule has 0 saturated heterocycles. The Hall–Kier alpha value is -1.97. The Morgan fingerprint density at radius 1 is 1.31 bits per heavy atom. The minimum atomic E-state index is -0.882. The Balaban J connectivity index is 2.01. The number of carboxylic acid groups (broad SMARTS) is 1. The molecule has 0 saturated carbocycles. The number of fused-ring (bicyclic) bond motifs is 2. The molecule has 4 nitrogen and oxygen atoms in total. The predicted octanol–water partition coefficient (Wildman–Crippen LogP) is 1.59. The molecule has 82 valence electrons. The largest absolute Gasteiger partial charge is 0.478 e. The van der Waals surface area contributed by atoms with Crippen molar-refractivity contribution in [3.63, 3.8) is 0 Å². The van der Waals surface area contributed by atoms with Crippen LogP contribution in [0.25, 0.3) is 0 Å². The van der Waals surface area contributed by atoms with Crippen LogP contribution in [0.4, 0.5) is 0 Å². The smallest absolute Gasteiger partial charge is 0.332 e. The Bertz CT molecular complexity index is 465. The summed E-state index contributed by atoms with van der Waals surface area (Å²) >= 11 is 0. The molecule has 0 aromatic heterocycles. The SMILES string of the molecule is O=C(O)C1=CC=CC2C3=C(C=CC12)OCO3. The zero-order valence-corrected chi connectivity index (χ0v) is 8.42. The monoisotopic (exact) mass is 218 g/mol. The Labute approximate surface area is 92.2 Å². The molecular weight excluding hydrogens is 208 g/mol. The van der Waals surface area contributed by atoms with Crippen LogP contribution >= 0.6 is 0 Å². The van der Waals surface area contributed by atoms with Gasteiger partial charge in [-0.2, -0.15) is 0 Å². The van der Waals surface area contributed by atoms with Gasteiger partial charge in [0.1, 0.15) is 0 Å². The van der Waals surface area contributed by atoms with E-state index in [4.69, 9.17) is 14.6 Å². The van der Waals surface area contributed by atoms with E-state index < -0.39 is 5.97 Å². The van der Waals surface area contributed by atoms with Gasteiger partial charge in [0, 0.05) is 17.4 Å². The van der Waals surface area contributed by atoms with Crippen molar-refractivity contribution in [2.75, 3.05) is 6.79 Å². The van der Waals surface area contributed by atoms with Crippen LogP contribution in [0.15, 0.2) is 47.5 Å². The van der Waals surface area contributed by atoms with Gasteiger partial charge in [-0.3, -0.25) is 0 Å². The molecule has 0 fully saturated rings. The molecule has 0 bridgehead atoms. The van der Waals surface area contributed by atoms with E-state index in [9.17, 15) is 4.79 Å². The molecule has 1 aliphatic heterocycles. The second kappa shape index (κ2) is 3.27. The van der Waals surface area contributed by atoms with Crippen LogP contribution in [0.1, 0.15) is 0 Å². The minimum Gasteiger partial charge on any atom is -0.478 e. The van der Waals surface area contributed by atoms with Gasteiger partial charge in [-0.15, -0.1) is 0 Å². The highest BCUT2D eigenvalue weighted by Crippen LogP contribution is 2.40. The number of aliphatic carboxylic acids is 1. The molecule has 0 spiro atoms. The first-order chi connectivity index (χ1) is 7.77. The summed E-state index contributed by atoms with van der Waals surface area (Å²) in [5.41, 5.74) is 0.394. The lowest BCUT2D eigenvalue weighted by molar-refractivity contribution is -0.133. The van der Waals surface area contributed by atoms with Crippen molar-refractivity contribution in [1.82, 2.24) is 0 Å². The maximum Gasteiger partial charge on any atom is 0.332 e. The molecule has 0 aromatic rings. The summed E-state index contributed by atoms with van der Waals surface area (Å²) in [5, 5.41) is 9.09. The molecule has 3 rings (SSSR count). The van der Waals surface area contributed by atoms with E-state index in [1.165, 1.54) is 0 Å². The predicted molar refractivity (Wildman–Crippen MR) is 55.0 cm³/mol. The highest BCUT2D eigenvalue weighted by Gasteiger charge is 2.37. The summed E-state index contributed by atoms with van der Waals surface area (Å²) in [5.74, 6) is 0.390. The topological polar surface area (TPSA) is 55.8 Å². The molecule has 2 atom stereocenters. The van der Waals surface area contributed by atoms with E-state index in [-0.39, 0.29) is 18.6 Å². The molecule has 3 aliphatic rings. The average molecular weight is 218 g/mol. The fourth-order valence-electron chi connectivity index (χ4n) is 2.27. The zero-order chi connectivity index (χ0) is 11.1. The van der Waals surface area contributed by atoms with Gasteiger partial charge in [-0.1, -0.05) is 24.3 Å². The summed E-state index contributed by atoms with van der Waals surface area (Å²) in [6.07, 6.45) is 9.00. The first-order valence-corrected chi connectivity index (χ1v) is 5.07. The van der Waals surface area contributed by atoms with Crippen LogP contribution in [-0.4, -0.2) is 17.9 Å². The van der Waals surface area contributed by atoms with Crippen LogP contribution in [0, 0.1) is 11.8 Å². The van der Waals surface area contributed by atoms with Crippen molar-refractivity contribution in [1.29, 1.82) is 0 Å². The maximum absolute atomic E-state index is 11.1. The van der Waals surface area contributed by atoms with Gasteiger partial charge in [-0.25, -0.2) is 4.79 Å².